The van der Waals surface area contributed by atoms with E-state index in [0.29, 0.717) is 25.0 Å². The minimum atomic E-state index is -0.317. The zero-order chi connectivity index (χ0) is 14.3. The van der Waals surface area contributed by atoms with Crippen LogP contribution >= 0.6 is 0 Å². The van der Waals surface area contributed by atoms with Gasteiger partial charge in [-0.3, -0.25) is 4.79 Å². The Bertz CT molecular complexity index is 424. The molecule has 106 valence electrons. The predicted molar refractivity (Wildman–Crippen MR) is 72.5 cm³/mol. The van der Waals surface area contributed by atoms with Gasteiger partial charge in [-0.1, -0.05) is 6.92 Å². The Kier molecular flexibility index (Phi) is 6.05. The normalized spacial score (nSPS) is 10.1. The van der Waals surface area contributed by atoms with Crippen LogP contribution < -0.4 is 9.64 Å². The summed E-state index contributed by atoms with van der Waals surface area (Å²) in [5, 5.41) is 0. The van der Waals surface area contributed by atoms with Gasteiger partial charge in [-0.15, -0.1) is 0 Å². The lowest BCUT2D eigenvalue weighted by Gasteiger charge is -2.20. The van der Waals surface area contributed by atoms with Gasteiger partial charge < -0.3 is 14.4 Å². The summed E-state index contributed by atoms with van der Waals surface area (Å²) in [5.74, 6) is 0.703. The number of methoxy groups -OCH3 is 1. The molecule has 6 heteroatoms. The van der Waals surface area contributed by atoms with E-state index in [-0.39, 0.29) is 12.5 Å². The van der Waals surface area contributed by atoms with Crippen molar-refractivity contribution in [1.82, 2.24) is 9.97 Å². The van der Waals surface area contributed by atoms with Crippen LogP contribution in [0.4, 0.5) is 5.95 Å². The number of ether oxygens (including phenoxy) is 2. The highest BCUT2D eigenvalue weighted by atomic mass is 16.5. The Morgan fingerprint density at radius 3 is 2.68 bits per heavy atom. The number of nitrogens with zero attached hydrogens (tertiary/aromatic N) is 3. The van der Waals surface area contributed by atoms with Gasteiger partial charge >= 0.3 is 5.97 Å². The first-order valence-electron chi connectivity index (χ1n) is 6.40. The monoisotopic (exact) mass is 267 g/mol. The lowest BCUT2D eigenvalue weighted by Crippen LogP contribution is -2.32. The highest BCUT2D eigenvalue weighted by Gasteiger charge is 2.14. The van der Waals surface area contributed by atoms with Crippen molar-refractivity contribution in [3.8, 4) is 5.88 Å². The molecule has 6 nitrogen and oxygen atoms in total. The SMILES string of the molecule is CCCOc1cc(C)nc(N(CC)CC(=O)OC)n1. The van der Waals surface area contributed by atoms with Gasteiger partial charge in [0, 0.05) is 18.3 Å². The second-order valence-electron chi connectivity index (χ2n) is 4.09. The number of carbonyl (C=O) groups excluding carboxylic acids is 1. The highest BCUT2D eigenvalue weighted by Crippen LogP contribution is 2.15. The highest BCUT2D eigenvalue weighted by molar-refractivity contribution is 5.74. The molecule has 0 aliphatic rings. The molecule has 0 radical (unpaired) electrons. The van der Waals surface area contributed by atoms with Gasteiger partial charge in [-0.25, -0.2) is 4.98 Å². The van der Waals surface area contributed by atoms with E-state index in [0.717, 1.165) is 12.1 Å². The zero-order valence-corrected chi connectivity index (χ0v) is 12.0. The second-order valence-corrected chi connectivity index (χ2v) is 4.09. The average molecular weight is 267 g/mol. The molecule has 0 saturated heterocycles. The third-order valence-electron chi connectivity index (χ3n) is 2.49. The second kappa shape index (κ2) is 7.56. The topological polar surface area (TPSA) is 64.5 Å². The molecule has 0 saturated carbocycles. The maximum Gasteiger partial charge on any atom is 0.325 e. The summed E-state index contributed by atoms with van der Waals surface area (Å²) in [6.45, 7) is 7.19. The molecule has 0 aliphatic heterocycles. The molecule has 1 rings (SSSR count). The molecule has 0 fully saturated rings. The van der Waals surface area contributed by atoms with Crippen molar-refractivity contribution in [2.75, 3.05) is 31.7 Å². The predicted octanol–water partition coefficient (Wildman–Crippen LogP) is 1.57. The van der Waals surface area contributed by atoms with Crippen LogP contribution in [0.3, 0.4) is 0 Å². The van der Waals surface area contributed by atoms with E-state index >= 15 is 0 Å². The van der Waals surface area contributed by atoms with Crippen molar-refractivity contribution in [2.24, 2.45) is 0 Å². The smallest absolute Gasteiger partial charge is 0.325 e. The summed E-state index contributed by atoms with van der Waals surface area (Å²) in [5.41, 5.74) is 0.805. The van der Waals surface area contributed by atoms with Gasteiger partial charge in [-0.05, 0) is 20.3 Å². The Morgan fingerprint density at radius 2 is 2.11 bits per heavy atom. The minimum absolute atomic E-state index is 0.129. The first-order valence-corrected chi connectivity index (χ1v) is 6.40. The summed E-state index contributed by atoms with van der Waals surface area (Å²) < 4.78 is 10.2. The van der Waals surface area contributed by atoms with Crippen LogP contribution in [0.1, 0.15) is 26.0 Å². The Morgan fingerprint density at radius 1 is 1.37 bits per heavy atom. The van der Waals surface area contributed by atoms with E-state index in [1.165, 1.54) is 7.11 Å². The summed E-state index contributed by atoms with van der Waals surface area (Å²) in [6.07, 6.45) is 0.915. The minimum Gasteiger partial charge on any atom is -0.478 e. The van der Waals surface area contributed by atoms with Crippen molar-refractivity contribution in [3.63, 3.8) is 0 Å². The Labute approximate surface area is 113 Å². The number of esters is 1. The molecule has 1 aromatic rings. The lowest BCUT2D eigenvalue weighted by molar-refractivity contribution is -0.138. The third kappa shape index (κ3) is 4.73. The molecule has 0 aliphatic carbocycles. The van der Waals surface area contributed by atoms with Crippen molar-refractivity contribution in [3.05, 3.63) is 11.8 Å². The maximum absolute atomic E-state index is 11.3. The van der Waals surface area contributed by atoms with Gasteiger partial charge in [-0.2, -0.15) is 4.98 Å². The van der Waals surface area contributed by atoms with E-state index in [1.807, 2.05) is 20.8 Å². The van der Waals surface area contributed by atoms with Crippen LogP contribution in [0.5, 0.6) is 5.88 Å². The van der Waals surface area contributed by atoms with E-state index in [9.17, 15) is 4.79 Å². The molecule has 0 amide bonds. The molecule has 1 heterocycles. The van der Waals surface area contributed by atoms with Crippen LogP contribution in [0.15, 0.2) is 6.07 Å². The number of aryl methyl sites for hydroxylation is 1. The van der Waals surface area contributed by atoms with Crippen molar-refractivity contribution < 1.29 is 14.3 Å². The van der Waals surface area contributed by atoms with Gasteiger partial charge in [0.15, 0.2) is 0 Å². The molecule has 0 N–H and O–H groups in total. The number of rotatable bonds is 7. The molecule has 0 aromatic carbocycles. The van der Waals surface area contributed by atoms with Crippen molar-refractivity contribution in [2.45, 2.75) is 27.2 Å². The summed E-state index contributed by atoms with van der Waals surface area (Å²) >= 11 is 0. The molecule has 0 unspecified atom stereocenters. The zero-order valence-electron chi connectivity index (χ0n) is 12.0. The molecule has 0 atom stereocenters. The van der Waals surface area contributed by atoms with Gasteiger partial charge in [0.2, 0.25) is 11.8 Å². The maximum atomic E-state index is 11.3. The molecular formula is C13H21N3O3. The molecule has 0 bridgehead atoms. The number of hydrogen-bond donors (Lipinski definition) is 0. The average Bonchev–Trinajstić information content (AvgIpc) is 2.41. The van der Waals surface area contributed by atoms with Crippen molar-refractivity contribution >= 4 is 11.9 Å². The summed E-state index contributed by atoms with van der Waals surface area (Å²) in [7, 11) is 1.36. The fourth-order valence-corrected chi connectivity index (χ4v) is 1.49. The Balaban J connectivity index is 2.89. The van der Waals surface area contributed by atoms with E-state index < -0.39 is 0 Å². The molecule has 0 spiro atoms. The van der Waals surface area contributed by atoms with Crippen LogP contribution in [0.2, 0.25) is 0 Å². The van der Waals surface area contributed by atoms with Crippen LogP contribution in [0, 0.1) is 6.92 Å². The first kappa shape index (κ1) is 15.2. The summed E-state index contributed by atoms with van der Waals surface area (Å²) in [4.78, 5) is 21.7. The fraction of sp³-hybridized carbons (Fsp3) is 0.615. The molecule has 19 heavy (non-hydrogen) atoms. The van der Waals surface area contributed by atoms with Crippen LogP contribution in [-0.4, -0.2) is 42.7 Å². The number of aromatic nitrogens is 2. The largest absolute Gasteiger partial charge is 0.478 e. The number of likely N-dealkylation sites (N-methyl/N-ethyl adjacent to an activating group) is 1. The Hall–Kier alpha value is -1.85. The van der Waals surface area contributed by atoms with Crippen LogP contribution in [-0.2, 0) is 9.53 Å². The van der Waals surface area contributed by atoms with E-state index in [1.54, 1.807) is 11.0 Å². The van der Waals surface area contributed by atoms with E-state index in [4.69, 9.17) is 4.74 Å². The number of anilines is 1. The fourth-order valence-electron chi connectivity index (χ4n) is 1.49. The first-order chi connectivity index (χ1) is 9.10. The molecular weight excluding hydrogens is 246 g/mol. The quantitative estimate of drug-likeness (QED) is 0.699. The van der Waals surface area contributed by atoms with E-state index in [2.05, 4.69) is 14.7 Å². The lowest BCUT2D eigenvalue weighted by atomic mass is 10.4. The van der Waals surface area contributed by atoms with Crippen molar-refractivity contribution in [1.29, 1.82) is 0 Å². The van der Waals surface area contributed by atoms with Crippen LogP contribution in [0.25, 0.3) is 0 Å². The standard InChI is InChI=1S/C13H21N3O3/c1-5-7-19-11-8-10(3)14-13(15-11)16(6-2)9-12(17)18-4/h8H,5-7,9H2,1-4H3. The number of carbonyl (C=O) groups is 1. The third-order valence-corrected chi connectivity index (χ3v) is 2.49. The van der Waals surface area contributed by atoms with Gasteiger partial charge in [0.05, 0.1) is 13.7 Å². The number of hydrogen-bond acceptors (Lipinski definition) is 6. The molecule has 1 aromatic heterocycles. The van der Waals surface area contributed by atoms with Gasteiger partial charge in [0.1, 0.15) is 6.54 Å². The van der Waals surface area contributed by atoms with Gasteiger partial charge in [0.25, 0.3) is 0 Å². The summed E-state index contributed by atoms with van der Waals surface area (Å²) in [6, 6.07) is 1.78.